The third-order valence-corrected chi connectivity index (χ3v) is 4.16. The second-order valence-corrected chi connectivity index (χ2v) is 5.51. The van der Waals surface area contributed by atoms with Crippen molar-refractivity contribution in [2.75, 3.05) is 17.2 Å². The molecule has 0 unspecified atom stereocenters. The zero-order valence-electron chi connectivity index (χ0n) is 10.8. The maximum absolute atomic E-state index is 13.6. The summed E-state index contributed by atoms with van der Waals surface area (Å²) in [6.07, 6.45) is 1.80. The van der Waals surface area contributed by atoms with Gasteiger partial charge in [0.15, 0.2) is 0 Å². The van der Waals surface area contributed by atoms with E-state index in [1.807, 2.05) is 16.7 Å². The van der Waals surface area contributed by atoms with Gasteiger partial charge >= 0.3 is 5.97 Å². The number of nitrogens with zero attached hydrogens (tertiary/aromatic N) is 2. The molecule has 0 aliphatic carbocycles. The van der Waals surface area contributed by atoms with Crippen LogP contribution in [0.3, 0.4) is 0 Å². The quantitative estimate of drug-likeness (QED) is 0.923. The second-order valence-electron chi connectivity index (χ2n) is 4.51. The number of amides is 1. The first-order valence-corrected chi connectivity index (χ1v) is 7.17. The van der Waals surface area contributed by atoms with E-state index in [0.29, 0.717) is 5.69 Å². The number of fused-ring (bicyclic) bond motifs is 3. The van der Waals surface area contributed by atoms with Gasteiger partial charge in [0, 0.05) is 6.20 Å². The van der Waals surface area contributed by atoms with Gasteiger partial charge in [-0.15, -0.1) is 0 Å². The Bertz CT molecular complexity index is 729. The zero-order valence-corrected chi connectivity index (χ0v) is 11.6. The van der Waals surface area contributed by atoms with Crippen molar-refractivity contribution in [3.05, 3.63) is 42.3 Å². The highest BCUT2D eigenvalue weighted by Gasteiger charge is 2.26. The van der Waals surface area contributed by atoms with Crippen molar-refractivity contribution in [1.82, 2.24) is 4.57 Å². The first-order valence-electron chi connectivity index (χ1n) is 6.18. The molecule has 1 aromatic carbocycles. The average molecular weight is 306 g/mol. The molecule has 1 N–H and O–H groups in total. The van der Waals surface area contributed by atoms with Gasteiger partial charge < -0.3 is 9.67 Å². The van der Waals surface area contributed by atoms with Crippen LogP contribution >= 0.6 is 11.8 Å². The van der Waals surface area contributed by atoms with Gasteiger partial charge in [-0.2, -0.15) is 0 Å². The molecule has 108 valence electrons. The summed E-state index contributed by atoms with van der Waals surface area (Å²) in [5.74, 6) is -1.91. The predicted molar refractivity (Wildman–Crippen MR) is 76.4 cm³/mol. The molecule has 0 atom stereocenters. The summed E-state index contributed by atoms with van der Waals surface area (Å²) in [7, 11) is 0. The van der Waals surface area contributed by atoms with Crippen LogP contribution in [0.4, 0.5) is 10.1 Å². The Morgan fingerprint density at radius 3 is 2.90 bits per heavy atom. The summed E-state index contributed by atoms with van der Waals surface area (Å²) >= 11 is 1.32. The number of hydrogen-bond acceptors (Lipinski definition) is 3. The Hall–Kier alpha value is -2.28. The number of aliphatic carboxylic acids is 1. The number of benzene rings is 1. The molecule has 1 aliphatic heterocycles. The summed E-state index contributed by atoms with van der Waals surface area (Å²) in [5, 5.41) is 9.85. The number of anilines is 1. The van der Waals surface area contributed by atoms with Gasteiger partial charge in [0.1, 0.15) is 12.4 Å². The highest BCUT2D eigenvalue weighted by atomic mass is 32.2. The number of carboxylic acid groups (broad SMARTS) is 1. The molecular weight excluding hydrogens is 295 g/mol. The molecule has 7 heteroatoms. The van der Waals surface area contributed by atoms with Gasteiger partial charge in [-0.1, -0.05) is 11.8 Å². The molecule has 0 fully saturated rings. The highest BCUT2D eigenvalue weighted by Crippen LogP contribution is 2.33. The van der Waals surface area contributed by atoms with Gasteiger partial charge in [-0.3, -0.25) is 14.5 Å². The summed E-state index contributed by atoms with van der Waals surface area (Å²) in [5.41, 5.74) is 0.846. The van der Waals surface area contributed by atoms with Crippen LogP contribution in [-0.2, 0) is 9.59 Å². The SMILES string of the molecule is O=C(O)CN1C(=O)CSc2cccn2-c2ccc(F)cc21. The molecule has 1 aromatic heterocycles. The fraction of sp³-hybridized carbons (Fsp3) is 0.143. The van der Waals surface area contributed by atoms with E-state index < -0.39 is 18.3 Å². The van der Waals surface area contributed by atoms with Crippen LogP contribution in [-0.4, -0.2) is 33.8 Å². The lowest BCUT2D eigenvalue weighted by atomic mass is 10.2. The van der Waals surface area contributed by atoms with E-state index in [9.17, 15) is 14.0 Å². The van der Waals surface area contributed by atoms with Crippen molar-refractivity contribution in [3.63, 3.8) is 0 Å². The molecule has 3 rings (SSSR count). The van der Waals surface area contributed by atoms with Crippen LogP contribution < -0.4 is 4.90 Å². The molecule has 0 saturated carbocycles. The number of carbonyl (C=O) groups excluding carboxylic acids is 1. The van der Waals surface area contributed by atoms with E-state index in [1.165, 1.54) is 23.9 Å². The lowest BCUT2D eigenvalue weighted by molar-refractivity contribution is -0.136. The summed E-state index contributed by atoms with van der Waals surface area (Å²) in [6, 6.07) is 7.71. The van der Waals surface area contributed by atoms with Gasteiger partial charge in [0.05, 0.1) is 22.2 Å². The smallest absolute Gasteiger partial charge is 0.323 e. The summed E-state index contributed by atoms with van der Waals surface area (Å²) < 4.78 is 15.4. The molecule has 21 heavy (non-hydrogen) atoms. The van der Waals surface area contributed by atoms with Crippen LogP contribution in [0.2, 0.25) is 0 Å². The van der Waals surface area contributed by atoms with Crippen molar-refractivity contribution < 1.29 is 19.1 Å². The fourth-order valence-electron chi connectivity index (χ4n) is 2.25. The van der Waals surface area contributed by atoms with E-state index in [-0.39, 0.29) is 17.3 Å². The monoisotopic (exact) mass is 306 g/mol. The molecule has 0 bridgehead atoms. The number of thioether (sulfide) groups is 1. The van der Waals surface area contributed by atoms with E-state index in [1.54, 1.807) is 12.3 Å². The maximum atomic E-state index is 13.6. The molecule has 2 heterocycles. The maximum Gasteiger partial charge on any atom is 0.323 e. The van der Waals surface area contributed by atoms with E-state index in [2.05, 4.69) is 0 Å². The minimum Gasteiger partial charge on any atom is -0.480 e. The Morgan fingerprint density at radius 2 is 2.14 bits per heavy atom. The average Bonchev–Trinajstić information content (AvgIpc) is 2.88. The van der Waals surface area contributed by atoms with Crippen molar-refractivity contribution >= 4 is 29.3 Å². The number of rotatable bonds is 2. The topological polar surface area (TPSA) is 62.5 Å². The number of hydrogen-bond donors (Lipinski definition) is 1. The molecule has 0 saturated heterocycles. The Kier molecular flexibility index (Phi) is 3.42. The molecule has 1 aliphatic rings. The first-order chi connectivity index (χ1) is 10.1. The van der Waals surface area contributed by atoms with E-state index in [0.717, 1.165) is 9.93 Å². The Labute approximate surface area is 124 Å². The normalized spacial score (nSPS) is 14.1. The van der Waals surface area contributed by atoms with Crippen molar-refractivity contribution in [3.8, 4) is 5.69 Å². The lowest BCUT2D eigenvalue weighted by Crippen LogP contribution is -2.38. The van der Waals surface area contributed by atoms with Gasteiger partial charge in [0.2, 0.25) is 5.91 Å². The molecule has 0 spiro atoms. The molecular formula is C14H11FN2O3S. The van der Waals surface area contributed by atoms with Crippen LogP contribution in [0.25, 0.3) is 5.69 Å². The summed E-state index contributed by atoms with van der Waals surface area (Å²) in [4.78, 5) is 24.3. The third kappa shape index (κ3) is 2.52. The van der Waals surface area contributed by atoms with E-state index in [4.69, 9.17) is 5.11 Å². The summed E-state index contributed by atoms with van der Waals surface area (Å²) in [6.45, 7) is -0.494. The van der Waals surface area contributed by atoms with Crippen LogP contribution in [0, 0.1) is 5.82 Å². The third-order valence-electron chi connectivity index (χ3n) is 3.14. The fourth-order valence-corrected chi connectivity index (χ4v) is 3.16. The van der Waals surface area contributed by atoms with Gasteiger partial charge in [-0.25, -0.2) is 4.39 Å². The van der Waals surface area contributed by atoms with Crippen molar-refractivity contribution in [1.29, 1.82) is 0 Å². The van der Waals surface area contributed by atoms with Crippen molar-refractivity contribution in [2.45, 2.75) is 5.03 Å². The molecule has 1 amide bonds. The first kappa shape index (κ1) is 13.7. The number of carboxylic acids is 1. The standard InChI is InChI=1S/C14H11FN2O3S/c15-9-3-4-10-11(6-9)17(7-14(19)20)12(18)8-21-13-2-1-5-16(10)13/h1-6H,7-8H2,(H,19,20). The van der Waals surface area contributed by atoms with Crippen molar-refractivity contribution in [2.24, 2.45) is 0 Å². The van der Waals surface area contributed by atoms with Gasteiger partial charge in [0.25, 0.3) is 0 Å². The largest absolute Gasteiger partial charge is 0.480 e. The number of carbonyl (C=O) groups is 2. The van der Waals surface area contributed by atoms with Gasteiger partial charge in [-0.05, 0) is 30.3 Å². The highest BCUT2D eigenvalue weighted by molar-refractivity contribution is 7.99. The van der Waals surface area contributed by atoms with Crippen LogP contribution in [0.15, 0.2) is 41.6 Å². The lowest BCUT2D eigenvalue weighted by Gasteiger charge is -2.26. The van der Waals surface area contributed by atoms with Crippen LogP contribution in [0.5, 0.6) is 0 Å². The molecule has 2 aromatic rings. The Morgan fingerprint density at radius 1 is 1.33 bits per heavy atom. The van der Waals surface area contributed by atoms with Crippen LogP contribution in [0.1, 0.15) is 0 Å². The second kappa shape index (κ2) is 5.25. The minimum absolute atomic E-state index is 0.104. The number of aromatic nitrogens is 1. The zero-order chi connectivity index (χ0) is 15.0. The Balaban J connectivity index is 2.21. The number of halogens is 1. The minimum atomic E-state index is -1.14. The molecule has 0 radical (unpaired) electrons. The molecule has 5 nitrogen and oxygen atoms in total. The van der Waals surface area contributed by atoms with E-state index >= 15 is 0 Å². The predicted octanol–water partition coefficient (Wildman–Crippen LogP) is 2.14.